The molecule has 2 aromatic carbocycles. The van der Waals surface area contributed by atoms with Gasteiger partial charge >= 0.3 is 0 Å². The van der Waals surface area contributed by atoms with Gasteiger partial charge in [0.1, 0.15) is 0 Å². The molecular formula is C19H21N3O2. The molecule has 0 saturated heterocycles. The molecule has 0 bridgehead atoms. The van der Waals surface area contributed by atoms with E-state index in [1.165, 1.54) is 5.56 Å². The van der Waals surface area contributed by atoms with Crippen LogP contribution in [-0.4, -0.2) is 18.0 Å². The highest BCUT2D eigenvalue weighted by molar-refractivity contribution is 5.93. The van der Waals surface area contributed by atoms with Crippen molar-refractivity contribution in [3.8, 4) is 0 Å². The lowest BCUT2D eigenvalue weighted by atomic mass is 10.1. The molecule has 124 valence electrons. The van der Waals surface area contributed by atoms with E-state index in [1.807, 2.05) is 44.2 Å². The van der Waals surface area contributed by atoms with Gasteiger partial charge in [-0.1, -0.05) is 42.0 Å². The number of hydrogen-bond acceptors (Lipinski definition) is 3. The van der Waals surface area contributed by atoms with E-state index in [0.29, 0.717) is 0 Å². The maximum absolute atomic E-state index is 11.8. The van der Waals surface area contributed by atoms with Crippen molar-refractivity contribution in [2.75, 3.05) is 5.32 Å². The second kappa shape index (κ2) is 8.62. The highest BCUT2D eigenvalue weighted by atomic mass is 16.2. The molecule has 0 radical (unpaired) electrons. The summed E-state index contributed by atoms with van der Waals surface area (Å²) in [7, 11) is 0. The van der Waals surface area contributed by atoms with Crippen molar-refractivity contribution >= 4 is 23.7 Å². The highest BCUT2D eigenvalue weighted by Crippen LogP contribution is 2.08. The molecule has 2 rings (SSSR count). The number of benzene rings is 2. The van der Waals surface area contributed by atoms with E-state index < -0.39 is 0 Å². The Kier molecular flexibility index (Phi) is 6.25. The van der Waals surface area contributed by atoms with Crippen molar-refractivity contribution in [1.29, 1.82) is 0 Å². The first-order chi connectivity index (χ1) is 11.5. The number of rotatable bonds is 6. The van der Waals surface area contributed by atoms with Crippen molar-refractivity contribution in [3.05, 3.63) is 65.2 Å². The van der Waals surface area contributed by atoms with Gasteiger partial charge in [-0.3, -0.25) is 9.59 Å². The van der Waals surface area contributed by atoms with E-state index in [4.69, 9.17) is 0 Å². The van der Waals surface area contributed by atoms with Crippen LogP contribution in [0.15, 0.2) is 53.6 Å². The average molecular weight is 323 g/mol. The maximum Gasteiger partial charge on any atom is 0.240 e. The molecule has 0 aromatic heterocycles. The van der Waals surface area contributed by atoms with Gasteiger partial charge in [0.15, 0.2) is 0 Å². The molecule has 2 N–H and O–H groups in total. The number of amides is 2. The van der Waals surface area contributed by atoms with Crippen LogP contribution in [-0.2, 0) is 9.59 Å². The van der Waals surface area contributed by atoms with Crippen LogP contribution in [0.1, 0.15) is 29.5 Å². The van der Waals surface area contributed by atoms with Crippen molar-refractivity contribution in [3.63, 3.8) is 0 Å². The fourth-order valence-corrected chi connectivity index (χ4v) is 2.17. The Morgan fingerprint density at radius 3 is 2.42 bits per heavy atom. The summed E-state index contributed by atoms with van der Waals surface area (Å²) in [5, 5.41) is 6.67. The molecule has 24 heavy (non-hydrogen) atoms. The molecule has 0 aliphatic carbocycles. The van der Waals surface area contributed by atoms with Gasteiger partial charge in [-0.05, 0) is 37.1 Å². The molecule has 0 fully saturated rings. The van der Waals surface area contributed by atoms with Crippen LogP contribution in [0.25, 0.3) is 0 Å². The highest BCUT2D eigenvalue weighted by Gasteiger charge is 2.06. The lowest BCUT2D eigenvalue weighted by molar-refractivity contribution is -0.124. The first-order valence-corrected chi connectivity index (χ1v) is 7.78. The van der Waals surface area contributed by atoms with Crippen LogP contribution < -0.4 is 10.7 Å². The number of para-hydroxylation sites is 1. The predicted molar refractivity (Wildman–Crippen MR) is 96.0 cm³/mol. The van der Waals surface area contributed by atoms with Gasteiger partial charge in [0.2, 0.25) is 11.8 Å². The molecule has 0 aliphatic heterocycles. The summed E-state index contributed by atoms with van der Waals surface area (Å²) in [4.78, 5) is 23.5. The second-order valence-corrected chi connectivity index (χ2v) is 5.57. The number of nitrogens with zero attached hydrogens (tertiary/aromatic N) is 1. The Balaban J connectivity index is 1.75. The van der Waals surface area contributed by atoms with Gasteiger partial charge in [-0.25, -0.2) is 5.43 Å². The van der Waals surface area contributed by atoms with Crippen LogP contribution >= 0.6 is 0 Å². The standard InChI is InChI=1S/C19H21N3O2/c1-14-8-9-16(15(2)12-14)13-20-22-19(24)11-10-18(23)21-17-6-4-3-5-7-17/h3-9,12-13H,10-11H2,1-2H3,(H,21,23)(H,22,24). The van der Waals surface area contributed by atoms with Gasteiger partial charge in [-0.2, -0.15) is 5.10 Å². The minimum absolute atomic E-state index is 0.0862. The molecule has 0 heterocycles. The molecule has 5 heteroatoms. The number of aryl methyl sites for hydroxylation is 2. The van der Waals surface area contributed by atoms with E-state index in [-0.39, 0.29) is 24.7 Å². The van der Waals surface area contributed by atoms with E-state index in [9.17, 15) is 9.59 Å². The minimum atomic E-state index is -0.292. The van der Waals surface area contributed by atoms with Gasteiger partial charge in [0.05, 0.1) is 6.21 Å². The van der Waals surface area contributed by atoms with E-state index >= 15 is 0 Å². The number of hydrazone groups is 1. The zero-order valence-corrected chi connectivity index (χ0v) is 13.9. The lowest BCUT2D eigenvalue weighted by Crippen LogP contribution is -2.20. The number of hydrogen-bond donors (Lipinski definition) is 2. The smallest absolute Gasteiger partial charge is 0.240 e. The van der Waals surface area contributed by atoms with Gasteiger partial charge in [0.25, 0.3) is 0 Å². The van der Waals surface area contributed by atoms with Crippen LogP contribution in [0.2, 0.25) is 0 Å². The molecule has 0 atom stereocenters. The summed E-state index contributed by atoms with van der Waals surface area (Å²) in [6.45, 7) is 4.01. The second-order valence-electron chi connectivity index (χ2n) is 5.57. The Morgan fingerprint density at radius 1 is 1.00 bits per heavy atom. The first-order valence-electron chi connectivity index (χ1n) is 7.78. The lowest BCUT2D eigenvalue weighted by Gasteiger charge is -2.04. The topological polar surface area (TPSA) is 70.6 Å². The number of nitrogens with one attached hydrogen (secondary N) is 2. The zero-order valence-electron chi connectivity index (χ0n) is 13.9. The molecule has 0 saturated carbocycles. The van der Waals surface area contributed by atoms with Crippen LogP contribution in [0, 0.1) is 13.8 Å². The van der Waals surface area contributed by atoms with E-state index in [0.717, 1.165) is 16.8 Å². The van der Waals surface area contributed by atoms with Crippen LogP contribution in [0.4, 0.5) is 5.69 Å². The maximum atomic E-state index is 11.8. The summed E-state index contributed by atoms with van der Waals surface area (Å²) in [5.41, 5.74) is 6.38. The number of anilines is 1. The summed E-state index contributed by atoms with van der Waals surface area (Å²) >= 11 is 0. The number of carbonyl (C=O) groups excluding carboxylic acids is 2. The fraction of sp³-hybridized carbons (Fsp3) is 0.211. The van der Waals surface area contributed by atoms with Gasteiger partial charge in [0, 0.05) is 18.5 Å². The van der Waals surface area contributed by atoms with Crippen molar-refractivity contribution < 1.29 is 9.59 Å². The van der Waals surface area contributed by atoms with E-state index in [1.54, 1.807) is 18.3 Å². The Labute approximate surface area is 141 Å². The van der Waals surface area contributed by atoms with Crippen molar-refractivity contribution in [1.82, 2.24) is 5.43 Å². The largest absolute Gasteiger partial charge is 0.326 e. The monoisotopic (exact) mass is 323 g/mol. The first kappa shape index (κ1) is 17.4. The summed E-state index contributed by atoms with van der Waals surface area (Å²) in [6, 6.07) is 15.1. The van der Waals surface area contributed by atoms with Gasteiger partial charge < -0.3 is 5.32 Å². The molecule has 2 aromatic rings. The molecule has 0 spiro atoms. The van der Waals surface area contributed by atoms with E-state index in [2.05, 4.69) is 21.9 Å². The van der Waals surface area contributed by atoms with Crippen LogP contribution in [0.3, 0.4) is 0 Å². The Hall–Kier alpha value is -2.95. The SMILES string of the molecule is Cc1ccc(C=NNC(=O)CCC(=O)Nc2ccccc2)c(C)c1. The normalized spacial score (nSPS) is 10.6. The molecule has 2 amide bonds. The molecular weight excluding hydrogens is 302 g/mol. The van der Waals surface area contributed by atoms with Gasteiger partial charge in [-0.15, -0.1) is 0 Å². The summed E-state index contributed by atoms with van der Waals surface area (Å²) in [5.74, 6) is -0.492. The predicted octanol–water partition coefficient (Wildman–Crippen LogP) is 3.17. The zero-order chi connectivity index (χ0) is 17.4. The average Bonchev–Trinajstić information content (AvgIpc) is 2.56. The number of carbonyl (C=O) groups is 2. The third kappa shape index (κ3) is 5.68. The third-order valence-corrected chi connectivity index (χ3v) is 3.45. The van der Waals surface area contributed by atoms with Crippen molar-refractivity contribution in [2.45, 2.75) is 26.7 Å². The third-order valence-electron chi connectivity index (χ3n) is 3.45. The molecule has 5 nitrogen and oxygen atoms in total. The summed E-state index contributed by atoms with van der Waals surface area (Å²) < 4.78 is 0. The van der Waals surface area contributed by atoms with Crippen molar-refractivity contribution in [2.24, 2.45) is 5.10 Å². The quantitative estimate of drug-likeness (QED) is 0.633. The minimum Gasteiger partial charge on any atom is -0.326 e. The Bertz CT molecular complexity index is 740. The molecule has 0 aliphatic rings. The van der Waals surface area contributed by atoms with Crippen LogP contribution in [0.5, 0.6) is 0 Å². The fourth-order valence-electron chi connectivity index (χ4n) is 2.17. The summed E-state index contributed by atoms with van der Waals surface area (Å²) in [6.07, 6.45) is 1.80. The molecule has 0 unspecified atom stereocenters. The Morgan fingerprint density at radius 2 is 1.71 bits per heavy atom.